The van der Waals surface area contributed by atoms with Crippen LogP contribution in [0.5, 0.6) is 0 Å². The van der Waals surface area contributed by atoms with Crippen LogP contribution in [0.1, 0.15) is 10.4 Å². The van der Waals surface area contributed by atoms with Crippen molar-refractivity contribution >= 4 is 5.91 Å². The van der Waals surface area contributed by atoms with Crippen LogP contribution in [0, 0.1) is 5.82 Å². The van der Waals surface area contributed by atoms with Gasteiger partial charge in [-0.2, -0.15) is 0 Å². The number of carbonyl (C=O) groups is 1. The molecule has 5 heteroatoms. The van der Waals surface area contributed by atoms with E-state index in [4.69, 9.17) is 0 Å². The maximum atomic E-state index is 13.1. The average molecular weight is 198 g/mol. The van der Waals surface area contributed by atoms with E-state index in [1.165, 1.54) is 17.2 Å². The molecule has 3 nitrogen and oxygen atoms in total. The molecule has 1 amide bonds. The number of likely N-dealkylation sites (tertiary alicyclic amines) is 1. The van der Waals surface area contributed by atoms with Crippen LogP contribution in [0.3, 0.4) is 0 Å². The van der Waals surface area contributed by atoms with Crippen LogP contribution >= 0.6 is 0 Å². The quantitative estimate of drug-likeness (QED) is 0.674. The summed E-state index contributed by atoms with van der Waals surface area (Å²) < 4.78 is 25.5. The number of halogens is 2. The Labute approximate surface area is 79.4 Å². The first-order chi connectivity index (χ1) is 6.68. The highest BCUT2D eigenvalue weighted by molar-refractivity contribution is 5.94. The third kappa shape index (κ3) is 1.45. The molecule has 14 heavy (non-hydrogen) atoms. The van der Waals surface area contributed by atoms with Gasteiger partial charge in [0.05, 0.1) is 24.8 Å². The molecule has 0 atom stereocenters. The van der Waals surface area contributed by atoms with Crippen LogP contribution in [0.25, 0.3) is 0 Å². The maximum absolute atomic E-state index is 13.1. The van der Waals surface area contributed by atoms with Crippen molar-refractivity contribution in [2.24, 2.45) is 0 Å². The van der Waals surface area contributed by atoms with Gasteiger partial charge in [-0.25, -0.2) is 8.78 Å². The summed E-state index contributed by atoms with van der Waals surface area (Å²) in [5.74, 6) is -1.14. The van der Waals surface area contributed by atoms with Crippen LogP contribution in [0.4, 0.5) is 8.78 Å². The molecular formula is C9H8F2N2O. The van der Waals surface area contributed by atoms with E-state index in [0.717, 1.165) is 6.20 Å². The van der Waals surface area contributed by atoms with Gasteiger partial charge in [-0.05, 0) is 6.07 Å². The van der Waals surface area contributed by atoms with E-state index in [9.17, 15) is 13.6 Å². The first-order valence-corrected chi connectivity index (χ1v) is 4.21. The Morgan fingerprint density at radius 3 is 2.86 bits per heavy atom. The van der Waals surface area contributed by atoms with Crippen molar-refractivity contribution in [2.45, 2.75) is 6.17 Å². The lowest BCUT2D eigenvalue weighted by Gasteiger charge is -2.34. The zero-order valence-electron chi connectivity index (χ0n) is 7.28. The van der Waals surface area contributed by atoms with Gasteiger partial charge < -0.3 is 4.90 Å². The third-order valence-electron chi connectivity index (χ3n) is 2.13. The number of hydrogen-bond acceptors (Lipinski definition) is 2. The molecule has 0 aromatic carbocycles. The minimum atomic E-state index is -0.969. The first-order valence-electron chi connectivity index (χ1n) is 4.21. The summed E-state index contributed by atoms with van der Waals surface area (Å²) in [7, 11) is 0. The summed E-state index contributed by atoms with van der Waals surface area (Å²) >= 11 is 0. The number of hydrogen-bond donors (Lipinski definition) is 0. The van der Waals surface area contributed by atoms with Gasteiger partial charge in [-0.1, -0.05) is 0 Å². The van der Waals surface area contributed by atoms with Crippen molar-refractivity contribution < 1.29 is 13.6 Å². The number of nitrogens with zero attached hydrogens (tertiary/aromatic N) is 2. The summed E-state index contributed by atoms with van der Waals surface area (Å²) in [6, 6.07) is 1.29. The van der Waals surface area contributed by atoms with Crippen LogP contribution in [0.2, 0.25) is 0 Å². The monoisotopic (exact) mass is 198 g/mol. The van der Waals surface area contributed by atoms with Gasteiger partial charge in [0.2, 0.25) is 0 Å². The smallest absolute Gasteiger partial charge is 0.257 e. The van der Waals surface area contributed by atoms with Crippen molar-refractivity contribution in [1.29, 1.82) is 0 Å². The number of alkyl halides is 1. The molecule has 1 aromatic rings. The van der Waals surface area contributed by atoms with E-state index in [1.54, 1.807) is 0 Å². The second-order valence-electron chi connectivity index (χ2n) is 3.16. The molecule has 0 aliphatic carbocycles. The van der Waals surface area contributed by atoms with Gasteiger partial charge in [0.15, 0.2) is 5.82 Å². The number of amides is 1. The number of rotatable bonds is 1. The molecule has 0 unspecified atom stereocenters. The lowest BCUT2D eigenvalue weighted by atomic mass is 10.1. The van der Waals surface area contributed by atoms with Gasteiger partial charge in [-0.3, -0.25) is 9.78 Å². The van der Waals surface area contributed by atoms with Crippen LogP contribution in [-0.4, -0.2) is 35.1 Å². The average Bonchev–Trinajstić information content (AvgIpc) is 2.13. The minimum Gasteiger partial charge on any atom is -0.333 e. The van der Waals surface area contributed by atoms with Gasteiger partial charge >= 0.3 is 0 Å². The molecule has 74 valence electrons. The molecule has 1 saturated heterocycles. The summed E-state index contributed by atoms with van der Waals surface area (Å²) in [6.07, 6.45) is 1.34. The van der Waals surface area contributed by atoms with Gasteiger partial charge in [-0.15, -0.1) is 0 Å². The van der Waals surface area contributed by atoms with E-state index >= 15 is 0 Å². The number of aromatic nitrogens is 1. The molecule has 0 N–H and O–H groups in total. The van der Waals surface area contributed by atoms with Crippen LogP contribution in [-0.2, 0) is 0 Å². The molecule has 1 aliphatic rings. The summed E-state index contributed by atoms with van der Waals surface area (Å²) in [4.78, 5) is 16.3. The zero-order valence-corrected chi connectivity index (χ0v) is 7.28. The van der Waals surface area contributed by atoms with Crippen LogP contribution in [0.15, 0.2) is 18.5 Å². The van der Waals surface area contributed by atoms with Gasteiger partial charge in [0.1, 0.15) is 6.17 Å². The Hall–Kier alpha value is -1.52. The molecule has 0 bridgehead atoms. The normalized spacial score (nSPS) is 16.6. The third-order valence-corrected chi connectivity index (χ3v) is 2.13. The molecule has 0 saturated carbocycles. The molecule has 2 rings (SSSR count). The first kappa shape index (κ1) is 9.05. The van der Waals surface area contributed by atoms with E-state index in [1.807, 2.05) is 0 Å². The van der Waals surface area contributed by atoms with Gasteiger partial charge in [0, 0.05) is 6.20 Å². The molecule has 1 fully saturated rings. The summed E-state index contributed by atoms with van der Waals surface area (Å²) in [5.41, 5.74) is -0.0492. The molecule has 0 spiro atoms. The largest absolute Gasteiger partial charge is 0.333 e. The molecule has 1 aliphatic heterocycles. The van der Waals surface area contributed by atoms with E-state index in [0.29, 0.717) is 0 Å². The van der Waals surface area contributed by atoms with E-state index in [2.05, 4.69) is 4.98 Å². The van der Waals surface area contributed by atoms with Crippen molar-refractivity contribution in [3.05, 3.63) is 29.8 Å². The number of carbonyl (C=O) groups excluding carboxylic acids is 1. The minimum absolute atomic E-state index is 0.0492. The van der Waals surface area contributed by atoms with Crippen molar-refractivity contribution in [3.63, 3.8) is 0 Å². The number of pyridine rings is 1. The highest BCUT2D eigenvalue weighted by Gasteiger charge is 2.31. The highest BCUT2D eigenvalue weighted by atomic mass is 19.1. The van der Waals surface area contributed by atoms with Crippen LogP contribution < -0.4 is 0 Å². The highest BCUT2D eigenvalue weighted by Crippen LogP contribution is 2.16. The van der Waals surface area contributed by atoms with Crippen molar-refractivity contribution in [2.75, 3.05) is 13.1 Å². The van der Waals surface area contributed by atoms with E-state index in [-0.39, 0.29) is 18.7 Å². The van der Waals surface area contributed by atoms with E-state index < -0.39 is 17.9 Å². The topological polar surface area (TPSA) is 33.2 Å². The SMILES string of the molecule is O=C(c1ccncc1F)N1CC(F)C1. The molecule has 1 aromatic heterocycles. The Morgan fingerprint density at radius 2 is 2.29 bits per heavy atom. The molecule has 2 heterocycles. The summed E-state index contributed by atoms with van der Waals surface area (Å²) in [6.45, 7) is 0.112. The fourth-order valence-electron chi connectivity index (χ4n) is 1.31. The Balaban J connectivity index is 2.16. The Bertz CT molecular complexity index is 364. The van der Waals surface area contributed by atoms with Gasteiger partial charge in [0.25, 0.3) is 5.91 Å². The van der Waals surface area contributed by atoms with Crippen molar-refractivity contribution in [3.8, 4) is 0 Å². The molecular weight excluding hydrogens is 190 g/mol. The predicted octanol–water partition coefficient (Wildman–Crippen LogP) is 1.01. The lowest BCUT2D eigenvalue weighted by Crippen LogP contribution is -2.51. The maximum Gasteiger partial charge on any atom is 0.257 e. The Kier molecular flexibility index (Phi) is 2.15. The molecule has 0 radical (unpaired) electrons. The summed E-state index contributed by atoms with van der Waals surface area (Å²) in [5, 5.41) is 0. The zero-order chi connectivity index (χ0) is 10.1. The second kappa shape index (κ2) is 3.32. The fourth-order valence-corrected chi connectivity index (χ4v) is 1.31. The van der Waals surface area contributed by atoms with Crippen molar-refractivity contribution in [1.82, 2.24) is 9.88 Å². The fraction of sp³-hybridized carbons (Fsp3) is 0.333. The standard InChI is InChI=1S/C9H8F2N2O/c10-6-4-13(5-6)9(14)7-1-2-12-3-8(7)11/h1-3,6H,4-5H2. The second-order valence-corrected chi connectivity index (χ2v) is 3.16. The Morgan fingerprint density at radius 1 is 1.57 bits per heavy atom. The predicted molar refractivity (Wildman–Crippen MR) is 45.0 cm³/mol. The lowest BCUT2D eigenvalue weighted by molar-refractivity contribution is 0.0395.